The zero-order chi connectivity index (χ0) is 8.55. The first-order valence-electron chi connectivity index (χ1n) is 4.31. The van der Waals surface area contributed by atoms with E-state index in [1.165, 1.54) is 11.1 Å². The Bertz CT molecular complexity index is 285. The Morgan fingerprint density at radius 3 is 2.83 bits per heavy atom. The van der Waals surface area contributed by atoms with Crippen LogP contribution in [0.3, 0.4) is 0 Å². The molecule has 0 amide bonds. The van der Waals surface area contributed by atoms with Crippen molar-refractivity contribution in [1.29, 1.82) is 0 Å². The van der Waals surface area contributed by atoms with Crippen LogP contribution in [0.25, 0.3) is 0 Å². The fourth-order valence-electron chi connectivity index (χ4n) is 1.91. The van der Waals surface area contributed by atoms with Gasteiger partial charge in [0.1, 0.15) is 6.61 Å². The van der Waals surface area contributed by atoms with Gasteiger partial charge in [0.25, 0.3) is 0 Å². The lowest BCUT2D eigenvalue weighted by Crippen LogP contribution is -2.19. The number of fused-ring (bicyclic) bond motifs is 1. The minimum Gasteiger partial charge on any atom is -0.445 e. The monoisotopic (exact) mass is 164 g/mol. The molecular weight excluding hydrogens is 150 g/mol. The first kappa shape index (κ1) is 7.77. The fraction of sp³-hybridized carbons (Fsp3) is 0.400. The Morgan fingerprint density at radius 2 is 2.17 bits per heavy atom. The van der Waals surface area contributed by atoms with Crippen LogP contribution in [0.4, 0.5) is 0 Å². The summed E-state index contributed by atoms with van der Waals surface area (Å²) in [4.78, 5) is 0. The molecule has 0 heterocycles. The highest BCUT2D eigenvalue weighted by Crippen LogP contribution is 2.33. The molecule has 4 N–H and O–H groups in total. The predicted molar refractivity (Wildman–Crippen MR) is 49.0 cm³/mol. The molecule has 2 atom stereocenters. The second-order valence-electron chi connectivity index (χ2n) is 3.39. The van der Waals surface area contributed by atoms with Gasteiger partial charge in [0, 0.05) is 6.04 Å². The number of nitrogens with two attached hydrogens (primary N) is 1. The van der Waals surface area contributed by atoms with Crippen LogP contribution in [-0.4, -0.2) is 11.7 Å². The molecule has 0 fully saturated rings. The molecule has 0 radical (unpaired) electrons. The summed E-state index contributed by atoms with van der Waals surface area (Å²) in [6.45, 7) is 0.440. The van der Waals surface area contributed by atoms with Crippen LogP contribution in [0.15, 0.2) is 24.3 Å². The molecular formula is C10H14NO+. The Morgan fingerprint density at radius 1 is 1.42 bits per heavy atom. The highest BCUT2D eigenvalue weighted by atomic mass is 16.3. The van der Waals surface area contributed by atoms with Gasteiger partial charge in [-0.15, -0.1) is 0 Å². The van der Waals surface area contributed by atoms with Gasteiger partial charge >= 0.3 is 0 Å². The minimum atomic E-state index is 0.0960. The summed E-state index contributed by atoms with van der Waals surface area (Å²) in [6, 6.07) is 8.35. The van der Waals surface area contributed by atoms with E-state index in [-0.39, 0.29) is 6.04 Å². The van der Waals surface area contributed by atoms with Gasteiger partial charge in [-0.3, -0.25) is 0 Å². The van der Waals surface area contributed by atoms with E-state index in [0.717, 1.165) is 6.42 Å². The van der Waals surface area contributed by atoms with Crippen LogP contribution in [-0.2, 0) is 6.42 Å². The van der Waals surface area contributed by atoms with Crippen molar-refractivity contribution in [2.24, 2.45) is 11.7 Å². The van der Waals surface area contributed by atoms with E-state index in [2.05, 4.69) is 12.1 Å². The van der Waals surface area contributed by atoms with E-state index < -0.39 is 0 Å². The summed E-state index contributed by atoms with van der Waals surface area (Å²) in [5.41, 5.74) is 8.56. The van der Waals surface area contributed by atoms with Crippen molar-refractivity contribution in [1.82, 2.24) is 0 Å². The molecule has 0 saturated heterocycles. The van der Waals surface area contributed by atoms with Crippen LogP contribution >= 0.6 is 0 Å². The van der Waals surface area contributed by atoms with E-state index in [1.807, 2.05) is 12.1 Å². The van der Waals surface area contributed by atoms with Crippen molar-refractivity contribution in [3.8, 4) is 0 Å². The van der Waals surface area contributed by atoms with Gasteiger partial charge < -0.3 is 10.8 Å². The van der Waals surface area contributed by atoms with Gasteiger partial charge in [-0.05, 0) is 17.5 Å². The Hall–Kier alpha value is -0.860. The van der Waals surface area contributed by atoms with Crippen LogP contribution in [0.2, 0.25) is 0 Å². The number of benzene rings is 1. The molecule has 0 saturated carbocycles. The number of rotatable bonds is 1. The summed E-state index contributed by atoms with van der Waals surface area (Å²) >= 11 is 0. The van der Waals surface area contributed by atoms with Crippen molar-refractivity contribution in [3.05, 3.63) is 35.4 Å². The molecule has 64 valence electrons. The van der Waals surface area contributed by atoms with Gasteiger partial charge in [-0.25, -0.2) is 0 Å². The molecule has 2 nitrogen and oxygen atoms in total. The molecule has 12 heavy (non-hydrogen) atoms. The number of hydrogen-bond acceptors (Lipinski definition) is 1. The van der Waals surface area contributed by atoms with Crippen LogP contribution < -0.4 is 5.73 Å². The van der Waals surface area contributed by atoms with E-state index >= 15 is 0 Å². The lowest BCUT2D eigenvalue weighted by Gasteiger charge is -2.09. The molecule has 0 aromatic heterocycles. The molecule has 0 bridgehead atoms. The maximum atomic E-state index is 7.33. The summed E-state index contributed by atoms with van der Waals surface area (Å²) in [5, 5.41) is 7.33. The first-order chi connectivity index (χ1) is 5.83. The quantitative estimate of drug-likeness (QED) is 0.606. The van der Waals surface area contributed by atoms with E-state index in [1.54, 1.807) is 0 Å². The van der Waals surface area contributed by atoms with Crippen LogP contribution in [0.1, 0.15) is 17.2 Å². The Balaban J connectivity index is 2.35. The SMILES string of the molecule is NC1c2ccccc2CC1C[OH2+]. The lowest BCUT2D eigenvalue weighted by atomic mass is 10.0. The lowest BCUT2D eigenvalue weighted by molar-refractivity contribution is 0.214. The second kappa shape index (κ2) is 2.88. The van der Waals surface area contributed by atoms with Crippen molar-refractivity contribution in [2.75, 3.05) is 6.61 Å². The van der Waals surface area contributed by atoms with Crippen LogP contribution in [0, 0.1) is 5.92 Å². The average Bonchev–Trinajstić information content (AvgIpc) is 2.44. The highest BCUT2D eigenvalue weighted by Gasteiger charge is 2.29. The third-order valence-electron chi connectivity index (χ3n) is 2.67. The fourth-order valence-corrected chi connectivity index (χ4v) is 1.91. The Kier molecular flexibility index (Phi) is 1.87. The third kappa shape index (κ3) is 1.04. The molecule has 1 aromatic rings. The van der Waals surface area contributed by atoms with Gasteiger partial charge in [0.2, 0.25) is 0 Å². The topological polar surface area (TPSA) is 48.9 Å². The van der Waals surface area contributed by atoms with Gasteiger partial charge in [0.15, 0.2) is 0 Å². The molecule has 0 aliphatic heterocycles. The maximum Gasteiger partial charge on any atom is 0.148 e. The molecule has 2 rings (SSSR count). The summed E-state index contributed by atoms with van der Waals surface area (Å²) in [7, 11) is 0. The van der Waals surface area contributed by atoms with Crippen molar-refractivity contribution >= 4 is 0 Å². The highest BCUT2D eigenvalue weighted by molar-refractivity contribution is 5.35. The van der Waals surface area contributed by atoms with Gasteiger partial charge in [-0.2, -0.15) is 0 Å². The zero-order valence-corrected chi connectivity index (χ0v) is 6.96. The normalized spacial score (nSPS) is 27.2. The largest absolute Gasteiger partial charge is 0.445 e. The maximum absolute atomic E-state index is 7.33. The van der Waals surface area contributed by atoms with E-state index in [4.69, 9.17) is 10.8 Å². The van der Waals surface area contributed by atoms with Crippen molar-refractivity contribution in [3.63, 3.8) is 0 Å². The van der Waals surface area contributed by atoms with Crippen LogP contribution in [0.5, 0.6) is 0 Å². The van der Waals surface area contributed by atoms with Crippen molar-refractivity contribution in [2.45, 2.75) is 12.5 Å². The third-order valence-corrected chi connectivity index (χ3v) is 2.67. The minimum absolute atomic E-state index is 0.0960. The molecule has 1 aromatic carbocycles. The van der Waals surface area contributed by atoms with E-state index in [9.17, 15) is 0 Å². The van der Waals surface area contributed by atoms with Gasteiger partial charge in [-0.1, -0.05) is 24.3 Å². The summed E-state index contributed by atoms with van der Waals surface area (Å²) in [5.74, 6) is 0.336. The Labute approximate surface area is 72.0 Å². The smallest absolute Gasteiger partial charge is 0.148 e. The van der Waals surface area contributed by atoms with Crippen molar-refractivity contribution < 1.29 is 5.11 Å². The molecule has 0 spiro atoms. The molecule has 2 unspecified atom stereocenters. The molecule has 2 heteroatoms. The second-order valence-corrected chi connectivity index (χ2v) is 3.39. The predicted octanol–water partition coefficient (Wildman–Crippen LogP) is 0.583. The van der Waals surface area contributed by atoms with Gasteiger partial charge in [0.05, 0.1) is 5.92 Å². The molecule has 1 aliphatic rings. The zero-order valence-electron chi connectivity index (χ0n) is 6.96. The first-order valence-corrected chi connectivity index (χ1v) is 4.31. The molecule has 1 aliphatic carbocycles. The summed E-state index contributed by atoms with van der Waals surface area (Å²) in [6.07, 6.45) is 0.987. The standard InChI is InChI=1S/C10H13NO/c11-10-8(6-12)5-7-3-1-2-4-9(7)10/h1-4,8,10,12H,5-6,11H2/p+1. The number of hydrogen-bond donors (Lipinski definition) is 1. The average molecular weight is 164 g/mol. The summed E-state index contributed by atoms with van der Waals surface area (Å²) < 4.78 is 0. The van der Waals surface area contributed by atoms with E-state index in [0.29, 0.717) is 12.5 Å².